The Balaban J connectivity index is 1.48. The van der Waals surface area contributed by atoms with Crippen molar-refractivity contribution in [2.24, 2.45) is 0 Å². The summed E-state index contributed by atoms with van der Waals surface area (Å²) in [6, 6.07) is 10.3. The molecule has 0 bridgehead atoms. The quantitative estimate of drug-likeness (QED) is 0.660. The molecule has 2 N–H and O–H groups in total. The highest BCUT2D eigenvalue weighted by atomic mass is 16.3. The van der Waals surface area contributed by atoms with Gasteiger partial charge in [0.2, 0.25) is 5.91 Å². The molecular weight excluding hydrogens is 372 g/mol. The highest BCUT2D eigenvalue weighted by Crippen LogP contribution is 2.24. The van der Waals surface area contributed by atoms with Crippen LogP contribution in [0.2, 0.25) is 0 Å². The van der Waals surface area contributed by atoms with Gasteiger partial charge in [0.05, 0.1) is 23.1 Å². The largest absolute Gasteiger partial charge is 0.468 e. The molecular formula is C21H24N4O4. The van der Waals surface area contributed by atoms with Gasteiger partial charge in [-0.3, -0.25) is 24.4 Å². The fourth-order valence-electron chi connectivity index (χ4n) is 3.89. The summed E-state index contributed by atoms with van der Waals surface area (Å²) in [5, 5.41) is 5.99. The van der Waals surface area contributed by atoms with Crippen molar-refractivity contribution in [2.45, 2.75) is 31.8 Å². The molecule has 3 heterocycles. The number of nitrogens with one attached hydrogen (secondary N) is 2. The second kappa shape index (κ2) is 8.48. The minimum absolute atomic E-state index is 0.0541. The molecule has 8 heteroatoms. The van der Waals surface area contributed by atoms with Gasteiger partial charge in [0.1, 0.15) is 12.3 Å². The summed E-state index contributed by atoms with van der Waals surface area (Å²) in [4.78, 5) is 39.6. The predicted octanol–water partition coefficient (Wildman–Crippen LogP) is 1.63. The van der Waals surface area contributed by atoms with Crippen LogP contribution in [0.1, 0.15) is 31.1 Å². The van der Waals surface area contributed by atoms with Crippen molar-refractivity contribution in [3.63, 3.8) is 0 Å². The van der Waals surface area contributed by atoms with Crippen molar-refractivity contribution in [1.82, 2.24) is 20.0 Å². The Morgan fingerprint density at radius 1 is 1.07 bits per heavy atom. The number of fused-ring (bicyclic) bond motifs is 1. The third-order valence-electron chi connectivity index (χ3n) is 5.38. The molecule has 1 aromatic carbocycles. The van der Waals surface area contributed by atoms with E-state index < -0.39 is 11.1 Å². The average Bonchev–Trinajstić information content (AvgIpc) is 3.27. The van der Waals surface area contributed by atoms with Gasteiger partial charge in [0.15, 0.2) is 0 Å². The molecule has 0 unspecified atom stereocenters. The molecule has 29 heavy (non-hydrogen) atoms. The number of hydrogen-bond acceptors (Lipinski definition) is 5. The molecule has 8 nitrogen and oxygen atoms in total. The Hall–Kier alpha value is -3.13. The third-order valence-corrected chi connectivity index (χ3v) is 5.38. The molecule has 3 aromatic rings. The summed E-state index contributed by atoms with van der Waals surface area (Å²) < 4.78 is 6.65. The van der Waals surface area contributed by atoms with E-state index >= 15 is 0 Å². The van der Waals surface area contributed by atoms with Gasteiger partial charge in [-0.25, -0.2) is 4.68 Å². The zero-order chi connectivity index (χ0) is 20.2. The van der Waals surface area contributed by atoms with Crippen molar-refractivity contribution in [1.29, 1.82) is 0 Å². The van der Waals surface area contributed by atoms with Crippen LogP contribution in [0.25, 0.3) is 10.8 Å². The van der Waals surface area contributed by atoms with Gasteiger partial charge >= 0.3 is 0 Å². The van der Waals surface area contributed by atoms with Crippen molar-refractivity contribution >= 4 is 16.7 Å². The normalized spacial score (nSPS) is 16.0. The number of H-pyrrole nitrogens is 1. The van der Waals surface area contributed by atoms with Crippen LogP contribution in [-0.2, 0) is 11.3 Å². The first-order chi connectivity index (χ1) is 14.1. The summed E-state index contributed by atoms with van der Waals surface area (Å²) in [5.74, 6) is 0.468. The van der Waals surface area contributed by atoms with Crippen molar-refractivity contribution in [3.8, 4) is 0 Å². The first kappa shape index (κ1) is 19.2. The molecule has 0 aliphatic carbocycles. The van der Waals surface area contributed by atoms with Gasteiger partial charge in [-0.05, 0) is 50.2 Å². The Morgan fingerprint density at radius 2 is 1.83 bits per heavy atom. The van der Waals surface area contributed by atoms with Gasteiger partial charge < -0.3 is 9.73 Å². The average molecular weight is 396 g/mol. The molecule has 1 aliphatic heterocycles. The second-order valence-electron chi connectivity index (χ2n) is 7.31. The summed E-state index contributed by atoms with van der Waals surface area (Å²) in [6.07, 6.45) is 5.09. The van der Waals surface area contributed by atoms with Crippen LogP contribution in [0.5, 0.6) is 0 Å². The Bertz CT molecular complexity index is 1090. The third kappa shape index (κ3) is 4.17. The number of rotatable bonds is 6. The van der Waals surface area contributed by atoms with Gasteiger partial charge in [0, 0.05) is 6.54 Å². The molecule has 1 atom stereocenters. The van der Waals surface area contributed by atoms with Crippen LogP contribution in [0.3, 0.4) is 0 Å². The number of hydrogen-bond donors (Lipinski definition) is 2. The number of amides is 1. The number of likely N-dealkylation sites (tertiary alicyclic amines) is 1. The minimum atomic E-state index is -0.394. The van der Waals surface area contributed by atoms with E-state index in [1.807, 2.05) is 12.1 Å². The number of aromatic nitrogens is 2. The lowest BCUT2D eigenvalue weighted by Crippen LogP contribution is -2.42. The number of carbonyl (C=O) groups is 1. The lowest BCUT2D eigenvalue weighted by atomic mass is 10.1. The lowest BCUT2D eigenvalue weighted by Gasteiger charge is -2.33. The summed E-state index contributed by atoms with van der Waals surface area (Å²) in [7, 11) is 0. The molecule has 152 valence electrons. The molecule has 1 saturated heterocycles. The van der Waals surface area contributed by atoms with Gasteiger partial charge in [-0.2, -0.15) is 0 Å². The SMILES string of the molecule is O=C(Cn1[nH]c(=O)c2ccccc2c1=O)NC[C@H](c1ccco1)N1CCCCC1. The van der Waals surface area contributed by atoms with Crippen LogP contribution >= 0.6 is 0 Å². The van der Waals surface area contributed by atoms with Crippen LogP contribution in [0, 0.1) is 0 Å². The highest BCUT2D eigenvalue weighted by Gasteiger charge is 2.25. The Kier molecular flexibility index (Phi) is 5.62. The zero-order valence-corrected chi connectivity index (χ0v) is 16.1. The maximum absolute atomic E-state index is 12.6. The number of benzene rings is 1. The molecule has 0 saturated carbocycles. The summed E-state index contributed by atoms with van der Waals surface area (Å²) in [6.45, 7) is 2.04. The van der Waals surface area contributed by atoms with E-state index in [2.05, 4.69) is 15.3 Å². The zero-order valence-electron chi connectivity index (χ0n) is 16.1. The number of nitrogens with zero attached hydrogens (tertiary/aromatic N) is 2. The van der Waals surface area contributed by atoms with E-state index in [0.717, 1.165) is 36.4 Å². The van der Waals surface area contributed by atoms with E-state index in [4.69, 9.17) is 4.42 Å². The Labute approximate surface area is 167 Å². The lowest BCUT2D eigenvalue weighted by molar-refractivity contribution is -0.122. The second-order valence-corrected chi connectivity index (χ2v) is 7.31. The van der Waals surface area contributed by atoms with Crippen LogP contribution in [0.15, 0.2) is 56.7 Å². The fraction of sp³-hybridized carbons (Fsp3) is 0.381. The molecule has 0 spiro atoms. The minimum Gasteiger partial charge on any atom is -0.468 e. The van der Waals surface area contributed by atoms with E-state index in [1.54, 1.807) is 30.5 Å². The van der Waals surface area contributed by atoms with E-state index in [1.165, 1.54) is 6.42 Å². The topological polar surface area (TPSA) is 100 Å². The molecule has 1 aliphatic rings. The number of carbonyl (C=O) groups excluding carboxylic acids is 1. The highest BCUT2D eigenvalue weighted by molar-refractivity contribution is 5.81. The predicted molar refractivity (Wildman–Crippen MR) is 109 cm³/mol. The van der Waals surface area contributed by atoms with Gasteiger partial charge in [0.25, 0.3) is 11.1 Å². The molecule has 1 fully saturated rings. The first-order valence-corrected chi connectivity index (χ1v) is 9.89. The van der Waals surface area contributed by atoms with E-state index in [0.29, 0.717) is 17.3 Å². The summed E-state index contributed by atoms with van der Waals surface area (Å²) in [5.41, 5.74) is -0.788. The van der Waals surface area contributed by atoms with E-state index in [-0.39, 0.29) is 18.5 Å². The van der Waals surface area contributed by atoms with E-state index in [9.17, 15) is 14.4 Å². The van der Waals surface area contributed by atoms with Crippen LogP contribution in [-0.4, -0.2) is 40.2 Å². The maximum atomic E-state index is 12.6. The first-order valence-electron chi connectivity index (χ1n) is 9.89. The Morgan fingerprint density at radius 3 is 2.55 bits per heavy atom. The van der Waals surface area contributed by atoms with Crippen LogP contribution in [0.4, 0.5) is 0 Å². The standard InChI is InChI=1S/C21H24N4O4/c26-19(14-25-21(28)16-8-3-2-7-15(16)20(27)23-25)22-13-17(18-9-6-12-29-18)24-10-4-1-5-11-24/h2-3,6-9,12,17H,1,4-5,10-11,13-14H2,(H,22,26)(H,23,27)/t17-/m1/s1. The smallest absolute Gasteiger partial charge is 0.273 e. The molecule has 2 aromatic heterocycles. The van der Waals surface area contributed by atoms with Gasteiger partial charge in [-0.1, -0.05) is 18.6 Å². The van der Waals surface area contributed by atoms with Gasteiger partial charge in [-0.15, -0.1) is 0 Å². The van der Waals surface area contributed by atoms with Crippen LogP contribution < -0.4 is 16.4 Å². The monoisotopic (exact) mass is 396 g/mol. The van der Waals surface area contributed by atoms with Crippen molar-refractivity contribution in [3.05, 3.63) is 69.1 Å². The summed E-state index contributed by atoms with van der Waals surface area (Å²) >= 11 is 0. The number of aromatic amines is 1. The molecule has 0 radical (unpaired) electrons. The number of piperidine rings is 1. The number of furan rings is 1. The van der Waals surface area contributed by atoms with Crippen molar-refractivity contribution in [2.75, 3.05) is 19.6 Å². The molecule has 4 rings (SSSR count). The molecule has 1 amide bonds. The van der Waals surface area contributed by atoms with Crippen molar-refractivity contribution < 1.29 is 9.21 Å². The fourth-order valence-corrected chi connectivity index (χ4v) is 3.89. The maximum Gasteiger partial charge on any atom is 0.273 e.